The number of hydrogen-bond donors (Lipinski definition) is 2. The van der Waals surface area contributed by atoms with E-state index < -0.39 is 0 Å². The number of ether oxygens (including phenoxy) is 1. The molecule has 20 heavy (non-hydrogen) atoms. The third kappa shape index (κ3) is 5.92. The summed E-state index contributed by atoms with van der Waals surface area (Å²) in [5.41, 5.74) is 6.89. The molecule has 0 radical (unpaired) electrons. The summed E-state index contributed by atoms with van der Waals surface area (Å²) in [5, 5.41) is 2.86. The van der Waals surface area contributed by atoms with Crippen LogP contribution in [0, 0.1) is 0 Å². The molecular formula is C15H23BrN2O2. The minimum atomic E-state index is -0.101. The van der Waals surface area contributed by atoms with Gasteiger partial charge in [-0.1, -0.05) is 22.9 Å². The minimum absolute atomic E-state index is 0.0313. The Kier molecular flexibility index (Phi) is 7.02. The fraction of sp³-hybridized carbons (Fsp3) is 0.533. The lowest BCUT2D eigenvalue weighted by atomic mass is 10.1. The number of rotatable bonds is 7. The van der Waals surface area contributed by atoms with Crippen molar-refractivity contribution >= 4 is 21.8 Å². The van der Waals surface area contributed by atoms with Crippen LogP contribution in [0.1, 0.15) is 32.8 Å². The highest BCUT2D eigenvalue weighted by Crippen LogP contribution is 2.23. The van der Waals surface area contributed by atoms with Crippen LogP contribution >= 0.6 is 15.9 Å². The Hall–Kier alpha value is -1.07. The minimum Gasteiger partial charge on any atom is -0.484 e. The maximum atomic E-state index is 11.6. The zero-order chi connectivity index (χ0) is 15.1. The fourth-order valence-corrected chi connectivity index (χ4v) is 2.12. The number of hydrogen-bond acceptors (Lipinski definition) is 3. The van der Waals surface area contributed by atoms with E-state index in [9.17, 15) is 4.79 Å². The largest absolute Gasteiger partial charge is 0.484 e. The van der Waals surface area contributed by atoms with Crippen molar-refractivity contribution in [2.75, 3.05) is 6.61 Å². The van der Waals surface area contributed by atoms with E-state index in [4.69, 9.17) is 10.5 Å². The monoisotopic (exact) mass is 342 g/mol. The van der Waals surface area contributed by atoms with Gasteiger partial charge in [0, 0.05) is 16.6 Å². The number of nitrogens with one attached hydrogen (secondary N) is 1. The molecule has 2 atom stereocenters. The van der Waals surface area contributed by atoms with Crippen LogP contribution in [-0.4, -0.2) is 24.6 Å². The number of nitrogens with two attached hydrogens (primary N) is 1. The molecular weight excluding hydrogens is 320 g/mol. The van der Waals surface area contributed by atoms with Crippen molar-refractivity contribution in [3.63, 3.8) is 0 Å². The molecule has 3 N–H and O–H groups in total. The lowest BCUT2D eigenvalue weighted by molar-refractivity contribution is -0.123. The molecule has 0 saturated heterocycles. The molecule has 1 amide bonds. The van der Waals surface area contributed by atoms with Crippen molar-refractivity contribution in [3.05, 3.63) is 28.2 Å². The van der Waals surface area contributed by atoms with Crippen LogP contribution in [-0.2, 0) is 11.2 Å². The zero-order valence-corrected chi connectivity index (χ0v) is 13.9. The average molecular weight is 343 g/mol. The summed E-state index contributed by atoms with van der Waals surface area (Å²) in [5.74, 6) is 0.583. The molecule has 5 heteroatoms. The predicted molar refractivity (Wildman–Crippen MR) is 84.9 cm³/mol. The first-order valence-corrected chi connectivity index (χ1v) is 7.67. The van der Waals surface area contributed by atoms with Crippen molar-refractivity contribution < 1.29 is 9.53 Å². The molecule has 0 fully saturated rings. The number of carbonyl (C=O) groups excluding carboxylic acids is 1. The quantitative estimate of drug-likeness (QED) is 0.800. The van der Waals surface area contributed by atoms with Crippen LogP contribution in [0.3, 0.4) is 0 Å². The SMILES string of the molecule is CCC(C)NC(=O)COc1ccc(Br)c(CC(C)N)c1. The lowest BCUT2D eigenvalue weighted by Gasteiger charge is -2.13. The van der Waals surface area contributed by atoms with Crippen molar-refractivity contribution in [1.29, 1.82) is 0 Å². The van der Waals surface area contributed by atoms with E-state index in [1.54, 1.807) is 0 Å². The number of amides is 1. The highest BCUT2D eigenvalue weighted by atomic mass is 79.9. The van der Waals surface area contributed by atoms with Gasteiger partial charge in [0.05, 0.1) is 0 Å². The van der Waals surface area contributed by atoms with Gasteiger partial charge < -0.3 is 15.8 Å². The standard InChI is InChI=1S/C15H23BrN2O2/c1-4-11(3)18-15(19)9-20-13-5-6-14(16)12(8-13)7-10(2)17/h5-6,8,10-11H,4,7,9,17H2,1-3H3,(H,18,19). The topological polar surface area (TPSA) is 64.3 Å². The highest BCUT2D eigenvalue weighted by molar-refractivity contribution is 9.10. The van der Waals surface area contributed by atoms with Crippen LogP contribution in [0.2, 0.25) is 0 Å². The molecule has 0 spiro atoms. The van der Waals surface area contributed by atoms with E-state index >= 15 is 0 Å². The molecule has 0 aliphatic rings. The third-order valence-corrected chi connectivity index (χ3v) is 3.72. The molecule has 1 aromatic carbocycles. The summed E-state index contributed by atoms with van der Waals surface area (Å²) < 4.78 is 6.52. The zero-order valence-electron chi connectivity index (χ0n) is 12.3. The molecule has 112 valence electrons. The normalized spacial score (nSPS) is 13.7. The van der Waals surface area contributed by atoms with Gasteiger partial charge in [0.15, 0.2) is 6.61 Å². The maximum absolute atomic E-state index is 11.6. The van der Waals surface area contributed by atoms with E-state index in [0.29, 0.717) is 5.75 Å². The lowest BCUT2D eigenvalue weighted by Crippen LogP contribution is -2.35. The second kappa shape index (κ2) is 8.27. The molecule has 4 nitrogen and oxygen atoms in total. The third-order valence-electron chi connectivity index (χ3n) is 2.95. The summed E-state index contributed by atoms with van der Waals surface area (Å²) in [4.78, 5) is 11.6. The molecule has 0 aromatic heterocycles. The maximum Gasteiger partial charge on any atom is 0.258 e. The smallest absolute Gasteiger partial charge is 0.258 e. The summed E-state index contributed by atoms with van der Waals surface area (Å²) in [6, 6.07) is 5.93. The molecule has 0 heterocycles. The Morgan fingerprint density at radius 3 is 2.75 bits per heavy atom. The first-order chi connectivity index (χ1) is 9.42. The van der Waals surface area contributed by atoms with Crippen molar-refractivity contribution in [2.45, 2.75) is 45.7 Å². The number of halogens is 1. The van der Waals surface area contributed by atoms with Gasteiger partial charge in [-0.25, -0.2) is 0 Å². The van der Waals surface area contributed by atoms with Gasteiger partial charge in [-0.15, -0.1) is 0 Å². The second-order valence-electron chi connectivity index (χ2n) is 5.10. The highest BCUT2D eigenvalue weighted by Gasteiger charge is 2.08. The summed E-state index contributed by atoms with van der Waals surface area (Å²) in [6.45, 7) is 5.99. The fourth-order valence-electron chi connectivity index (χ4n) is 1.71. The van der Waals surface area contributed by atoms with E-state index in [2.05, 4.69) is 21.2 Å². The van der Waals surface area contributed by atoms with Crippen molar-refractivity contribution in [1.82, 2.24) is 5.32 Å². The van der Waals surface area contributed by atoms with Gasteiger partial charge in [-0.05, 0) is 50.5 Å². The molecule has 0 aliphatic carbocycles. The molecule has 1 aromatic rings. The summed E-state index contributed by atoms with van der Waals surface area (Å²) in [7, 11) is 0. The Labute approximate surface area is 129 Å². The van der Waals surface area contributed by atoms with Gasteiger partial charge in [-0.2, -0.15) is 0 Å². The molecule has 2 unspecified atom stereocenters. The molecule has 0 aliphatic heterocycles. The summed E-state index contributed by atoms with van der Waals surface area (Å²) >= 11 is 3.49. The van der Waals surface area contributed by atoms with Crippen LogP contribution in [0.4, 0.5) is 0 Å². The predicted octanol–water partition coefficient (Wildman–Crippen LogP) is 2.63. The second-order valence-corrected chi connectivity index (χ2v) is 5.95. The van der Waals surface area contributed by atoms with Gasteiger partial charge in [0.25, 0.3) is 5.91 Å². The van der Waals surface area contributed by atoms with Crippen molar-refractivity contribution in [2.24, 2.45) is 5.73 Å². The van der Waals surface area contributed by atoms with E-state index in [1.165, 1.54) is 0 Å². The van der Waals surface area contributed by atoms with Gasteiger partial charge in [0.2, 0.25) is 0 Å². The van der Waals surface area contributed by atoms with Crippen LogP contribution in [0.15, 0.2) is 22.7 Å². The Morgan fingerprint density at radius 2 is 2.15 bits per heavy atom. The Bertz CT molecular complexity index is 449. The number of carbonyl (C=O) groups is 1. The van der Waals surface area contributed by atoms with Crippen molar-refractivity contribution in [3.8, 4) is 5.75 Å². The van der Waals surface area contributed by atoms with Gasteiger partial charge in [-0.3, -0.25) is 4.79 Å². The van der Waals surface area contributed by atoms with E-state index in [0.717, 1.165) is 22.9 Å². The van der Waals surface area contributed by atoms with Gasteiger partial charge >= 0.3 is 0 Å². The molecule has 0 saturated carbocycles. The Balaban J connectivity index is 2.58. The first kappa shape index (κ1) is 17.0. The molecule has 0 bridgehead atoms. The first-order valence-electron chi connectivity index (χ1n) is 6.88. The van der Waals surface area contributed by atoms with Gasteiger partial charge in [0.1, 0.15) is 5.75 Å². The van der Waals surface area contributed by atoms with Crippen LogP contribution in [0.25, 0.3) is 0 Å². The van der Waals surface area contributed by atoms with E-state index in [-0.39, 0.29) is 24.6 Å². The van der Waals surface area contributed by atoms with Crippen LogP contribution < -0.4 is 15.8 Å². The molecule has 1 rings (SSSR count). The average Bonchev–Trinajstić information content (AvgIpc) is 2.39. The Morgan fingerprint density at radius 1 is 1.45 bits per heavy atom. The number of benzene rings is 1. The van der Waals surface area contributed by atoms with Crippen LogP contribution in [0.5, 0.6) is 5.75 Å². The van der Waals surface area contributed by atoms with E-state index in [1.807, 2.05) is 39.0 Å². The summed E-state index contributed by atoms with van der Waals surface area (Å²) in [6.07, 6.45) is 1.67.